The minimum Gasteiger partial charge on any atom is -0.449 e. The van der Waals surface area contributed by atoms with Crippen LogP contribution in [0.1, 0.15) is 6.92 Å². The van der Waals surface area contributed by atoms with Gasteiger partial charge in [-0.25, -0.2) is 4.79 Å². The summed E-state index contributed by atoms with van der Waals surface area (Å²) in [6.45, 7) is 6.04. The van der Waals surface area contributed by atoms with Gasteiger partial charge in [0.15, 0.2) is 5.16 Å². The number of rotatable bonds is 8. The molecule has 4 aromatic rings. The average Bonchev–Trinajstić information content (AvgIpc) is 3.29. The zero-order valence-corrected chi connectivity index (χ0v) is 20.1. The Morgan fingerprint density at radius 2 is 1.91 bits per heavy atom. The second kappa shape index (κ2) is 10.4. The Morgan fingerprint density at radius 3 is 2.63 bits per heavy atom. The van der Waals surface area contributed by atoms with Crippen molar-refractivity contribution in [3.63, 3.8) is 0 Å². The van der Waals surface area contributed by atoms with E-state index < -0.39 is 6.09 Å². The summed E-state index contributed by atoms with van der Waals surface area (Å²) >= 11 is 1.22. The van der Waals surface area contributed by atoms with E-state index in [2.05, 4.69) is 22.1 Å². The molecule has 0 atom stereocenters. The monoisotopic (exact) mass is 492 g/mol. The van der Waals surface area contributed by atoms with E-state index in [1.807, 2.05) is 12.1 Å². The Kier molecular flexibility index (Phi) is 7.16. The molecular formula is C24H24N6O4S. The third-order valence-electron chi connectivity index (χ3n) is 5.20. The first-order chi connectivity index (χ1) is 16.9. The number of allylic oxidation sites excluding steroid dienone is 1. The van der Waals surface area contributed by atoms with Gasteiger partial charge in [-0.3, -0.25) is 23.5 Å². The van der Waals surface area contributed by atoms with Crippen molar-refractivity contribution in [2.24, 2.45) is 0 Å². The number of hydrogen-bond acceptors (Lipinski definition) is 7. The quantitative estimate of drug-likeness (QED) is 0.296. The largest absolute Gasteiger partial charge is 0.449 e. The molecule has 10 nitrogen and oxygen atoms in total. The van der Waals surface area contributed by atoms with Gasteiger partial charge in [-0.1, -0.05) is 30.0 Å². The van der Waals surface area contributed by atoms with Crippen molar-refractivity contribution >= 4 is 51.8 Å². The fourth-order valence-electron chi connectivity index (χ4n) is 3.54. The van der Waals surface area contributed by atoms with E-state index in [4.69, 9.17) is 4.74 Å². The van der Waals surface area contributed by atoms with Crippen LogP contribution in [0.25, 0.3) is 16.7 Å². The van der Waals surface area contributed by atoms with Gasteiger partial charge in [-0.05, 0) is 43.3 Å². The van der Waals surface area contributed by atoms with Gasteiger partial charge < -0.3 is 10.1 Å². The highest BCUT2D eigenvalue weighted by molar-refractivity contribution is 7.99. The zero-order chi connectivity index (χ0) is 24.9. The second-order valence-electron chi connectivity index (χ2n) is 7.48. The molecule has 0 saturated heterocycles. The van der Waals surface area contributed by atoms with Crippen molar-refractivity contribution in [1.29, 1.82) is 0 Å². The molecule has 0 aliphatic heterocycles. The summed E-state index contributed by atoms with van der Waals surface area (Å²) in [5.74, 6) is 0.236. The Morgan fingerprint density at radius 1 is 1.17 bits per heavy atom. The first-order valence-corrected chi connectivity index (χ1v) is 11.8. The SMILES string of the molecule is C=CCn1c(=O)c2ccccc2n2c(SCC(=O)Nc3ccc(N(C)C(=O)OCC)cc3)nnc12. The fraction of sp³-hybridized carbons (Fsp3) is 0.208. The summed E-state index contributed by atoms with van der Waals surface area (Å²) in [4.78, 5) is 38.7. The Hall–Kier alpha value is -4.12. The van der Waals surface area contributed by atoms with Crippen LogP contribution in [0.2, 0.25) is 0 Å². The summed E-state index contributed by atoms with van der Waals surface area (Å²) in [6, 6.07) is 14.1. The topological polar surface area (TPSA) is 111 Å². The second-order valence-corrected chi connectivity index (χ2v) is 8.42. The molecule has 2 amide bonds. The van der Waals surface area contributed by atoms with Crippen molar-refractivity contribution in [3.8, 4) is 0 Å². The van der Waals surface area contributed by atoms with Gasteiger partial charge in [0.25, 0.3) is 5.56 Å². The molecule has 2 aromatic carbocycles. The molecule has 35 heavy (non-hydrogen) atoms. The maximum absolute atomic E-state index is 12.9. The van der Waals surface area contributed by atoms with Crippen molar-refractivity contribution < 1.29 is 14.3 Å². The third kappa shape index (κ3) is 4.90. The standard InChI is InChI=1S/C24H24N6O4S/c1-4-14-29-21(32)18-8-6-7-9-19(18)30-22(29)26-27-23(30)35-15-20(31)25-16-10-12-17(13-11-16)28(3)24(33)34-5-2/h4,6-13H,1,5,14-15H2,2-3H3,(H,25,31). The highest BCUT2D eigenvalue weighted by Gasteiger charge is 2.17. The van der Waals surface area contributed by atoms with Crippen molar-refractivity contribution in [2.75, 3.05) is 29.6 Å². The van der Waals surface area contributed by atoms with Crippen LogP contribution < -0.4 is 15.8 Å². The van der Waals surface area contributed by atoms with Crippen LogP contribution in [0.5, 0.6) is 0 Å². The number of para-hydroxylation sites is 1. The number of aromatic nitrogens is 4. The first kappa shape index (κ1) is 24.0. The number of hydrogen-bond donors (Lipinski definition) is 1. The molecule has 0 bridgehead atoms. The highest BCUT2D eigenvalue weighted by atomic mass is 32.2. The number of thioether (sulfide) groups is 1. The molecule has 180 valence electrons. The molecule has 0 fully saturated rings. The van der Waals surface area contributed by atoms with Gasteiger partial charge in [0, 0.05) is 25.0 Å². The lowest BCUT2D eigenvalue weighted by Crippen LogP contribution is -2.26. The Bertz CT molecular complexity index is 1460. The number of ether oxygens (including phenoxy) is 1. The Balaban J connectivity index is 1.50. The van der Waals surface area contributed by atoms with Crippen LogP contribution >= 0.6 is 11.8 Å². The number of carbonyl (C=O) groups excluding carboxylic acids is 2. The number of nitrogens with zero attached hydrogens (tertiary/aromatic N) is 5. The van der Waals surface area contributed by atoms with Gasteiger partial charge in [0.1, 0.15) is 0 Å². The lowest BCUT2D eigenvalue weighted by atomic mass is 10.2. The molecule has 0 aliphatic rings. The zero-order valence-electron chi connectivity index (χ0n) is 19.3. The normalized spacial score (nSPS) is 10.9. The van der Waals surface area contributed by atoms with Crippen LogP contribution in [0.15, 0.2) is 71.1 Å². The van der Waals surface area contributed by atoms with Gasteiger partial charge in [-0.15, -0.1) is 16.8 Å². The number of fused-ring (bicyclic) bond motifs is 3. The average molecular weight is 493 g/mol. The maximum Gasteiger partial charge on any atom is 0.413 e. The number of nitrogens with one attached hydrogen (secondary N) is 1. The van der Waals surface area contributed by atoms with E-state index in [-0.39, 0.29) is 23.8 Å². The van der Waals surface area contributed by atoms with E-state index in [0.717, 1.165) is 0 Å². The predicted octanol–water partition coefficient (Wildman–Crippen LogP) is 3.55. The van der Waals surface area contributed by atoms with Crippen LogP contribution in [-0.2, 0) is 16.1 Å². The molecule has 11 heteroatoms. The summed E-state index contributed by atoms with van der Waals surface area (Å²) in [5.41, 5.74) is 1.73. The van der Waals surface area contributed by atoms with Gasteiger partial charge in [0.2, 0.25) is 11.7 Å². The smallest absolute Gasteiger partial charge is 0.413 e. The van der Waals surface area contributed by atoms with E-state index in [1.165, 1.54) is 21.2 Å². The van der Waals surface area contributed by atoms with Crippen LogP contribution in [-0.4, -0.2) is 50.6 Å². The van der Waals surface area contributed by atoms with Crippen LogP contribution in [0.3, 0.4) is 0 Å². The molecule has 0 aliphatic carbocycles. The minimum atomic E-state index is -0.452. The lowest BCUT2D eigenvalue weighted by Gasteiger charge is -2.16. The number of benzene rings is 2. The Labute approximate surface area is 205 Å². The summed E-state index contributed by atoms with van der Waals surface area (Å²) in [7, 11) is 1.61. The molecule has 0 spiro atoms. The fourth-order valence-corrected chi connectivity index (χ4v) is 4.28. The van der Waals surface area contributed by atoms with Crippen LogP contribution in [0.4, 0.5) is 16.2 Å². The predicted molar refractivity (Wildman–Crippen MR) is 136 cm³/mol. The molecule has 4 rings (SSSR count). The molecule has 0 unspecified atom stereocenters. The van der Waals surface area contributed by atoms with Crippen molar-refractivity contribution in [3.05, 3.63) is 71.5 Å². The number of carbonyl (C=O) groups is 2. The molecule has 0 radical (unpaired) electrons. The van der Waals surface area contributed by atoms with Gasteiger partial charge >= 0.3 is 6.09 Å². The maximum atomic E-state index is 12.9. The summed E-state index contributed by atoms with van der Waals surface area (Å²) in [6.07, 6.45) is 1.17. The van der Waals surface area contributed by atoms with E-state index in [1.54, 1.807) is 60.8 Å². The van der Waals surface area contributed by atoms with Crippen molar-refractivity contribution in [1.82, 2.24) is 19.2 Å². The summed E-state index contributed by atoms with van der Waals surface area (Å²) in [5, 5.41) is 12.3. The molecule has 2 heterocycles. The molecule has 1 N–H and O–H groups in total. The van der Waals surface area contributed by atoms with Gasteiger partial charge in [-0.2, -0.15) is 0 Å². The number of amides is 2. The van der Waals surface area contributed by atoms with E-state index in [0.29, 0.717) is 39.8 Å². The van der Waals surface area contributed by atoms with E-state index >= 15 is 0 Å². The molecular weight excluding hydrogens is 468 g/mol. The highest BCUT2D eigenvalue weighted by Crippen LogP contribution is 2.22. The lowest BCUT2D eigenvalue weighted by molar-refractivity contribution is -0.113. The van der Waals surface area contributed by atoms with Crippen molar-refractivity contribution in [2.45, 2.75) is 18.6 Å². The van der Waals surface area contributed by atoms with Gasteiger partial charge in [0.05, 0.1) is 23.3 Å². The molecule has 0 saturated carbocycles. The van der Waals surface area contributed by atoms with E-state index in [9.17, 15) is 14.4 Å². The first-order valence-electron chi connectivity index (χ1n) is 10.8. The summed E-state index contributed by atoms with van der Waals surface area (Å²) < 4.78 is 8.26. The molecule has 2 aromatic heterocycles. The number of anilines is 2. The van der Waals surface area contributed by atoms with Crippen LogP contribution in [0, 0.1) is 0 Å². The third-order valence-corrected chi connectivity index (χ3v) is 6.13. The minimum absolute atomic E-state index is 0.0835.